The SMILES string of the molecule is OC[C@H]1O[C@@H](O[C@H]2[C@H](O)[C@@H](O)[C@H](O)O[C@@H]2CO)[C@H](O)[C@@H](O)[C@H]1O.OC[C@H]1O[C@H](OC[C@H]2O[C@H](O[C@]3(CO)O[C@H](CO)[C@@H](O)[C@@H]3O)[C@H](O)[C@@H](O)[C@@H]2O)[C@H](O)[C@@H](O)[C@H]1O.OC[C@H]1O[C@](O)(CO)[C@@H](O)[C@@H]1O. The van der Waals surface area contributed by atoms with Crippen LogP contribution in [-0.2, 0) is 42.6 Å². The van der Waals surface area contributed by atoms with Crippen LogP contribution in [0.2, 0.25) is 0 Å². The molecule has 6 aliphatic rings. The van der Waals surface area contributed by atoms with Crippen LogP contribution < -0.4 is 0 Å². The highest BCUT2D eigenvalue weighted by molar-refractivity contribution is 4.99. The smallest absolute Gasteiger partial charge is 0.224 e. The van der Waals surface area contributed by atoms with E-state index in [0.29, 0.717) is 0 Å². The number of aliphatic hydroxyl groups is 24. The second-order valence-corrected chi connectivity index (χ2v) is 16.7. The predicted molar refractivity (Wildman–Crippen MR) is 206 cm³/mol. The molecule has 6 aliphatic heterocycles. The lowest BCUT2D eigenvalue weighted by atomic mass is 9.97. The largest absolute Gasteiger partial charge is 0.394 e. The van der Waals surface area contributed by atoms with Gasteiger partial charge < -0.3 is 165 Å². The van der Waals surface area contributed by atoms with Crippen LogP contribution in [0.4, 0.5) is 0 Å². The summed E-state index contributed by atoms with van der Waals surface area (Å²) in [7, 11) is 0. The Labute approximate surface area is 389 Å². The molecule has 0 unspecified atom stereocenters. The van der Waals surface area contributed by atoms with E-state index in [1.165, 1.54) is 0 Å². The second kappa shape index (κ2) is 25.8. The standard InChI is InChI=1S/C18H32O16.C12H22O11.C6H12O6/c19-1-5-8(22)11(25)13(27)16(31-5)30-3-7-9(23)12(26)14(28)17(32-7)34-18(4-21)15(29)10(24)6(2-20)33-18;13-1-3-5(15)6(16)9(19)12(22-3)23-10-4(2-14)21-11(20)8(18)7(10)17;7-1-3-4(9)5(10)6(11,2-8)12-3/h5-17,19-29H,1-4H2;3-20H,1-2H2;3-5,7-11H,1-2H2/t5-,6-,7-,8+,9-,10-,11+,12+,13-,14-,15+,16+,17-,18+;3-,4-,5+,6+,7-,8-,9-,10-,11-,12+;3-,4-,5+,6-/m111/s1. The fourth-order valence-electron chi connectivity index (χ4n) is 7.73. The molecule has 6 rings (SSSR count). The van der Waals surface area contributed by atoms with E-state index in [4.69, 9.17) is 63.4 Å². The number of rotatable bonds is 14. The summed E-state index contributed by atoms with van der Waals surface area (Å²) in [4.78, 5) is 0. The average molecular weight is 1030 g/mol. The maximum Gasteiger partial charge on any atom is 0.224 e. The minimum Gasteiger partial charge on any atom is -0.394 e. The fourth-order valence-corrected chi connectivity index (χ4v) is 7.73. The summed E-state index contributed by atoms with van der Waals surface area (Å²) in [6, 6.07) is 0. The van der Waals surface area contributed by atoms with Crippen LogP contribution in [0.3, 0.4) is 0 Å². The van der Waals surface area contributed by atoms with Crippen molar-refractivity contribution >= 4 is 0 Å². The van der Waals surface area contributed by atoms with Crippen LogP contribution in [0.25, 0.3) is 0 Å². The third-order valence-electron chi connectivity index (χ3n) is 12.1. The van der Waals surface area contributed by atoms with Crippen LogP contribution >= 0.6 is 0 Å². The van der Waals surface area contributed by atoms with Gasteiger partial charge in [0.05, 0.1) is 46.2 Å². The van der Waals surface area contributed by atoms with Crippen molar-refractivity contribution in [3.05, 3.63) is 0 Å². The van der Waals surface area contributed by atoms with Crippen molar-refractivity contribution in [3.63, 3.8) is 0 Å². The van der Waals surface area contributed by atoms with Crippen molar-refractivity contribution in [2.24, 2.45) is 0 Å². The highest BCUT2D eigenvalue weighted by Gasteiger charge is 2.59. The molecular formula is C36H66O33. The van der Waals surface area contributed by atoms with Gasteiger partial charge in [0, 0.05) is 0 Å². The Morgan fingerprint density at radius 1 is 0.362 bits per heavy atom. The van der Waals surface area contributed by atoms with Crippen molar-refractivity contribution in [1.29, 1.82) is 0 Å². The minimum atomic E-state index is -2.36. The minimum absolute atomic E-state index is 0.527. The van der Waals surface area contributed by atoms with Crippen molar-refractivity contribution in [2.45, 2.75) is 171 Å². The Hall–Kier alpha value is -1.32. The molecule has 6 fully saturated rings. The van der Waals surface area contributed by atoms with Gasteiger partial charge in [0.25, 0.3) is 0 Å². The van der Waals surface area contributed by atoms with E-state index in [1.54, 1.807) is 0 Å². The van der Waals surface area contributed by atoms with Crippen molar-refractivity contribution < 1.29 is 165 Å². The average Bonchev–Trinajstić information content (AvgIpc) is 3.73. The molecule has 0 amide bonds. The van der Waals surface area contributed by atoms with Gasteiger partial charge in [-0.1, -0.05) is 0 Å². The van der Waals surface area contributed by atoms with E-state index >= 15 is 0 Å². The van der Waals surface area contributed by atoms with E-state index in [0.717, 1.165) is 0 Å². The maximum atomic E-state index is 10.3. The van der Waals surface area contributed by atoms with Gasteiger partial charge in [0.2, 0.25) is 11.6 Å². The molecule has 24 N–H and O–H groups in total. The lowest BCUT2D eigenvalue weighted by Crippen LogP contribution is -2.64. The summed E-state index contributed by atoms with van der Waals surface area (Å²) in [5.41, 5.74) is 0. The van der Waals surface area contributed by atoms with E-state index in [9.17, 15) is 97.0 Å². The first-order chi connectivity index (χ1) is 32.4. The normalized spacial score (nSPS) is 51.3. The lowest BCUT2D eigenvalue weighted by Gasteiger charge is -2.45. The van der Waals surface area contributed by atoms with E-state index in [1.807, 2.05) is 0 Å². The van der Waals surface area contributed by atoms with Crippen LogP contribution in [0, 0.1) is 0 Å². The van der Waals surface area contributed by atoms with Gasteiger partial charge in [-0.2, -0.15) is 0 Å². The first kappa shape index (κ1) is 60.2. The monoisotopic (exact) mass is 1030 g/mol. The Morgan fingerprint density at radius 2 is 0.797 bits per heavy atom. The fraction of sp³-hybridized carbons (Fsp3) is 1.00. The molecule has 33 nitrogen and oxygen atoms in total. The molecule has 0 bridgehead atoms. The molecule has 0 aliphatic carbocycles. The number of hydrogen-bond acceptors (Lipinski definition) is 33. The molecule has 0 radical (unpaired) electrons. The molecule has 69 heavy (non-hydrogen) atoms. The summed E-state index contributed by atoms with van der Waals surface area (Å²) in [5.74, 6) is -4.52. The summed E-state index contributed by atoms with van der Waals surface area (Å²) in [6.45, 7) is -5.84. The lowest BCUT2D eigenvalue weighted by molar-refractivity contribution is -0.388. The molecule has 0 spiro atoms. The Balaban J connectivity index is 0.000000254. The van der Waals surface area contributed by atoms with Gasteiger partial charge in [-0.15, -0.1) is 0 Å². The quantitative estimate of drug-likeness (QED) is 0.0768. The van der Waals surface area contributed by atoms with Gasteiger partial charge in [-0.05, 0) is 0 Å². The summed E-state index contributed by atoms with van der Waals surface area (Å²) in [5, 5.41) is 230. The zero-order valence-corrected chi connectivity index (χ0v) is 36.1. The summed E-state index contributed by atoms with van der Waals surface area (Å²) in [6.07, 6.45) is -41.4. The first-order valence-electron chi connectivity index (χ1n) is 21.2. The Bertz CT molecular complexity index is 1510. The molecule has 6 heterocycles. The molecule has 33 heteroatoms. The molecule has 28 atom stereocenters. The van der Waals surface area contributed by atoms with E-state index < -0.39 is 224 Å². The first-order valence-corrected chi connectivity index (χ1v) is 21.2. The predicted octanol–water partition coefficient (Wildman–Crippen LogP) is -16.2. The van der Waals surface area contributed by atoms with Gasteiger partial charge in [0.1, 0.15) is 141 Å². The van der Waals surface area contributed by atoms with Gasteiger partial charge in [-0.3, -0.25) is 0 Å². The van der Waals surface area contributed by atoms with Crippen LogP contribution in [0.15, 0.2) is 0 Å². The van der Waals surface area contributed by atoms with Crippen molar-refractivity contribution in [2.75, 3.05) is 52.9 Å². The topological polar surface area (TPSA) is 569 Å². The molecule has 0 saturated carbocycles. The van der Waals surface area contributed by atoms with Crippen LogP contribution in [-0.4, -0.2) is 346 Å². The van der Waals surface area contributed by atoms with Crippen molar-refractivity contribution in [3.8, 4) is 0 Å². The highest BCUT2D eigenvalue weighted by Crippen LogP contribution is 2.37. The summed E-state index contributed by atoms with van der Waals surface area (Å²) >= 11 is 0. The van der Waals surface area contributed by atoms with Crippen molar-refractivity contribution in [1.82, 2.24) is 0 Å². The third kappa shape index (κ3) is 13.0. The van der Waals surface area contributed by atoms with Gasteiger partial charge in [-0.25, -0.2) is 0 Å². The third-order valence-corrected chi connectivity index (χ3v) is 12.1. The molecule has 6 saturated heterocycles. The van der Waals surface area contributed by atoms with E-state index in [-0.39, 0.29) is 0 Å². The molecule has 0 aromatic heterocycles. The molecule has 0 aromatic carbocycles. The molecule has 408 valence electrons. The zero-order chi connectivity index (χ0) is 52.0. The van der Waals surface area contributed by atoms with E-state index in [2.05, 4.69) is 4.74 Å². The van der Waals surface area contributed by atoms with Gasteiger partial charge in [0.15, 0.2) is 25.2 Å². The molecule has 0 aromatic rings. The Morgan fingerprint density at radius 3 is 1.25 bits per heavy atom. The van der Waals surface area contributed by atoms with Crippen LogP contribution in [0.1, 0.15) is 0 Å². The van der Waals surface area contributed by atoms with Crippen LogP contribution in [0.5, 0.6) is 0 Å². The number of aliphatic hydroxyl groups excluding tert-OH is 23. The maximum absolute atomic E-state index is 10.3. The number of ether oxygens (including phenoxy) is 9. The highest BCUT2D eigenvalue weighted by atomic mass is 16.8. The Kier molecular flexibility index (Phi) is 22.5. The second-order valence-electron chi connectivity index (χ2n) is 16.7. The van der Waals surface area contributed by atoms with Gasteiger partial charge >= 0.3 is 0 Å². The zero-order valence-electron chi connectivity index (χ0n) is 36.1. The molecular weight excluding hydrogens is 960 g/mol. The number of hydrogen-bond donors (Lipinski definition) is 24. The summed E-state index contributed by atoms with van der Waals surface area (Å²) < 4.78 is 46.3.